The van der Waals surface area contributed by atoms with E-state index in [1.54, 1.807) is 24.8 Å². The summed E-state index contributed by atoms with van der Waals surface area (Å²) in [7, 11) is 1.68. The Morgan fingerprint density at radius 2 is 2.19 bits per heavy atom. The second-order valence-electron chi connectivity index (χ2n) is 3.47. The fourth-order valence-electron chi connectivity index (χ4n) is 1.72. The van der Waals surface area contributed by atoms with Crippen LogP contribution in [-0.4, -0.2) is 13.4 Å². The van der Waals surface area contributed by atoms with Crippen LogP contribution in [0.15, 0.2) is 23.0 Å². The highest BCUT2D eigenvalue weighted by molar-refractivity contribution is 7.12. The topological polar surface area (TPSA) is 33.6 Å². The van der Waals surface area contributed by atoms with Crippen LogP contribution < -0.4 is 5.32 Å². The number of halogens is 1. The average Bonchev–Trinajstić information content (AvgIpc) is 2.57. The highest BCUT2D eigenvalue weighted by Gasteiger charge is 2.21. The molecule has 0 amide bonds. The van der Waals surface area contributed by atoms with Crippen LogP contribution in [0, 0.1) is 13.8 Å². The Bertz CT molecular complexity index is 426. The number of aliphatic imine (C=N–C) groups is 1. The fourth-order valence-corrected chi connectivity index (χ4v) is 2.67. The Morgan fingerprint density at radius 1 is 1.44 bits per heavy atom. The van der Waals surface area contributed by atoms with E-state index in [1.165, 1.54) is 15.3 Å². The Morgan fingerprint density at radius 3 is 2.75 bits per heavy atom. The van der Waals surface area contributed by atoms with Gasteiger partial charge in [-0.05, 0) is 25.5 Å². The van der Waals surface area contributed by atoms with Gasteiger partial charge in [0.2, 0.25) is 0 Å². The maximum Gasteiger partial charge on any atom is 0.141 e. The van der Waals surface area contributed by atoms with Gasteiger partial charge in [0.1, 0.15) is 11.8 Å². The number of methoxy groups -OCH3 is 1. The zero-order valence-electron chi connectivity index (χ0n) is 9.48. The molecule has 0 spiro atoms. The maximum absolute atomic E-state index is 5.31. The minimum absolute atomic E-state index is 0. The molecule has 1 unspecified atom stereocenters. The quantitative estimate of drug-likeness (QED) is 0.885. The number of rotatable bonds is 2. The molecular weight excluding hydrogens is 244 g/mol. The van der Waals surface area contributed by atoms with Crippen molar-refractivity contribution in [2.75, 3.05) is 7.11 Å². The van der Waals surface area contributed by atoms with Gasteiger partial charge in [-0.15, -0.1) is 23.7 Å². The standard InChI is InChI=1S/C11H14N2OS.ClH/c1-7-4-9(8(2)15-7)11-10(14-3)5-12-6-13-11;/h4-6,11H,1-3H3,(H,12,13);1H. The third-order valence-electron chi connectivity index (χ3n) is 2.40. The number of nitrogens with one attached hydrogen (secondary N) is 1. The van der Waals surface area contributed by atoms with Gasteiger partial charge in [-0.3, -0.25) is 4.99 Å². The molecule has 0 fully saturated rings. The Balaban J connectivity index is 0.00000128. The highest BCUT2D eigenvalue weighted by Crippen LogP contribution is 2.33. The van der Waals surface area contributed by atoms with Gasteiger partial charge >= 0.3 is 0 Å². The van der Waals surface area contributed by atoms with Gasteiger partial charge in [0, 0.05) is 16.0 Å². The van der Waals surface area contributed by atoms with Crippen LogP contribution in [-0.2, 0) is 4.74 Å². The molecule has 0 aromatic carbocycles. The normalized spacial score (nSPS) is 18.4. The highest BCUT2D eigenvalue weighted by atomic mass is 35.5. The molecule has 1 N–H and O–H groups in total. The largest absolute Gasteiger partial charge is 0.497 e. The van der Waals surface area contributed by atoms with Gasteiger partial charge in [-0.25, -0.2) is 0 Å². The summed E-state index contributed by atoms with van der Waals surface area (Å²) >= 11 is 1.80. The van der Waals surface area contributed by atoms with E-state index < -0.39 is 0 Å². The first-order chi connectivity index (χ1) is 7.22. The molecular formula is C11H15ClN2OS. The Labute approximate surface area is 106 Å². The van der Waals surface area contributed by atoms with E-state index in [0.29, 0.717) is 0 Å². The third kappa shape index (κ3) is 2.39. The van der Waals surface area contributed by atoms with Gasteiger partial charge in [-0.2, -0.15) is 0 Å². The van der Waals surface area contributed by atoms with Crippen molar-refractivity contribution >= 4 is 30.1 Å². The summed E-state index contributed by atoms with van der Waals surface area (Å²) in [5, 5.41) is 2.94. The van der Waals surface area contributed by atoms with E-state index in [1.807, 2.05) is 6.20 Å². The van der Waals surface area contributed by atoms with Crippen LogP contribution >= 0.6 is 23.7 Å². The molecule has 0 aliphatic carbocycles. The molecule has 1 aliphatic rings. The van der Waals surface area contributed by atoms with Crippen LogP contribution in [0.5, 0.6) is 0 Å². The van der Waals surface area contributed by atoms with Crippen molar-refractivity contribution in [3.8, 4) is 0 Å². The number of thiophene rings is 1. The molecule has 2 rings (SSSR count). The first-order valence-electron chi connectivity index (χ1n) is 4.81. The summed E-state index contributed by atoms with van der Waals surface area (Å²) in [6, 6.07) is 2.20. The van der Waals surface area contributed by atoms with Gasteiger partial charge in [0.25, 0.3) is 0 Å². The van der Waals surface area contributed by atoms with Gasteiger partial charge < -0.3 is 10.1 Å². The molecule has 1 aliphatic heterocycles. The lowest BCUT2D eigenvalue weighted by Crippen LogP contribution is -2.15. The van der Waals surface area contributed by atoms with Crippen molar-refractivity contribution in [3.05, 3.63) is 33.3 Å². The molecule has 1 aromatic heterocycles. The molecule has 5 heteroatoms. The fraction of sp³-hybridized carbons (Fsp3) is 0.364. The predicted molar refractivity (Wildman–Crippen MR) is 70.5 cm³/mol. The van der Waals surface area contributed by atoms with Crippen molar-refractivity contribution < 1.29 is 4.74 Å². The van der Waals surface area contributed by atoms with E-state index in [0.717, 1.165) is 5.76 Å². The van der Waals surface area contributed by atoms with Crippen molar-refractivity contribution in [1.82, 2.24) is 5.32 Å². The summed E-state index contributed by atoms with van der Waals surface area (Å²) in [5.74, 6) is 0.860. The number of hydrogen-bond donors (Lipinski definition) is 1. The number of aryl methyl sites for hydroxylation is 2. The lowest BCUT2D eigenvalue weighted by Gasteiger charge is -2.18. The minimum atomic E-state index is 0. The molecule has 16 heavy (non-hydrogen) atoms. The average molecular weight is 259 g/mol. The molecule has 0 saturated heterocycles. The van der Waals surface area contributed by atoms with E-state index in [-0.39, 0.29) is 18.4 Å². The summed E-state index contributed by atoms with van der Waals surface area (Å²) in [6.45, 7) is 4.24. The van der Waals surface area contributed by atoms with Crippen LogP contribution in [0.2, 0.25) is 0 Å². The van der Waals surface area contributed by atoms with Crippen molar-refractivity contribution in [2.45, 2.75) is 19.9 Å². The first-order valence-corrected chi connectivity index (χ1v) is 5.62. The Hall–Kier alpha value is -1.00. The number of nitrogens with zero attached hydrogens (tertiary/aromatic N) is 1. The molecule has 2 heterocycles. The summed E-state index contributed by atoms with van der Waals surface area (Å²) < 4.78 is 5.31. The predicted octanol–water partition coefficient (Wildman–Crippen LogP) is 2.95. The van der Waals surface area contributed by atoms with Crippen LogP contribution in [0.25, 0.3) is 0 Å². The van der Waals surface area contributed by atoms with Gasteiger partial charge in [-0.1, -0.05) is 0 Å². The van der Waals surface area contributed by atoms with Crippen molar-refractivity contribution in [2.24, 2.45) is 4.99 Å². The zero-order chi connectivity index (χ0) is 10.8. The van der Waals surface area contributed by atoms with Crippen LogP contribution in [0.1, 0.15) is 21.4 Å². The van der Waals surface area contributed by atoms with Crippen molar-refractivity contribution in [3.63, 3.8) is 0 Å². The zero-order valence-corrected chi connectivity index (χ0v) is 11.1. The number of hydrogen-bond acceptors (Lipinski definition) is 4. The maximum atomic E-state index is 5.31. The summed E-state index contributed by atoms with van der Waals surface area (Å²) in [5.41, 5.74) is 1.24. The van der Waals surface area contributed by atoms with E-state index in [2.05, 4.69) is 30.2 Å². The molecule has 3 nitrogen and oxygen atoms in total. The third-order valence-corrected chi connectivity index (χ3v) is 3.38. The van der Waals surface area contributed by atoms with Crippen molar-refractivity contribution in [1.29, 1.82) is 0 Å². The van der Waals surface area contributed by atoms with E-state index in [9.17, 15) is 0 Å². The molecule has 1 atom stereocenters. The van der Waals surface area contributed by atoms with E-state index >= 15 is 0 Å². The molecule has 0 saturated carbocycles. The van der Waals surface area contributed by atoms with E-state index in [4.69, 9.17) is 4.74 Å². The lowest BCUT2D eigenvalue weighted by molar-refractivity contribution is 0.262. The van der Waals surface area contributed by atoms with Gasteiger partial charge in [0.05, 0.1) is 13.4 Å². The molecule has 0 radical (unpaired) electrons. The lowest BCUT2D eigenvalue weighted by atomic mass is 10.1. The summed E-state index contributed by atoms with van der Waals surface area (Å²) in [6.07, 6.45) is 3.56. The van der Waals surface area contributed by atoms with Crippen LogP contribution in [0.3, 0.4) is 0 Å². The first kappa shape index (κ1) is 13.1. The van der Waals surface area contributed by atoms with Gasteiger partial charge in [0.15, 0.2) is 0 Å². The minimum Gasteiger partial charge on any atom is -0.497 e. The van der Waals surface area contributed by atoms with Crippen LogP contribution in [0.4, 0.5) is 0 Å². The SMILES string of the molecule is COC1=CNC=NC1c1cc(C)sc1C.Cl. The number of ether oxygens (including phenoxy) is 1. The summed E-state index contributed by atoms with van der Waals surface area (Å²) in [4.78, 5) is 7.02. The Kier molecular flexibility index (Phi) is 4.38. The molecule has 1 aromatic rings. The second-order valence-corrected chi connectivity index (χ2v) is 4.93. The second kappa shape index (κ2) is 5.37. The molecule has 0 bridgehead atoms. The monoisotopic (exact) mass is 258 g/mol. The molecule has 88 valence electrons. The smallest absolute Gasteiger partial charge is 0.141 e.